The van der Waals surface area contributed by atoms with E-state index in [4.69, 9.17) is 12.2 Å². The highest BCUT2D eigenvalue weighted by atomic mass is 79.9. The van der Waals surface area contributed by atoms with Gasteiger partial charge in [0.25, 0.3) is 0 Å². The summed E-state index contributed by atoms with van der Waals surface area (Å²) in [5.74, 6) is 0.722. The van der Waals surface area contributed by atoms with Crippen LogP contribution in [0, 0.1) is 4.77 Å². The molecule has 9 heteroatoms. The molecule has 3 rings (SSSR count). The molecule has 1 aromatic heterocycles. The molecule has 24 heavy (non-hydrogen) atoms. The van der Waals surface area contributed by atoms with Crippen LogP contribution in [0.5, 0.6) is 11.5 Å². The van der Waals surface area contributed by atoms with Crippen molar-refractivity contribution in [3.05, 3.63) is 55.7 Å². The van der Waals surface area contributed by atoms with Gasteiger partial charge >= 0.3 is 0 Å². The van der Waals surface area contributed by atoms with E-state index in [2.05, 4.69) is 47.2 Å². The van der Waals surface area contributed by atoms with E-state index in [-0.39, 0.29) is 11.5 Å². The molecule has 0 radical (unpaired) electrons. The fourth-order valence-electron chi connectivity index (χ4n) is 2.00. The molecule has 0 unspecified atom stereocenters. The third-order valence-electron chi connectivity index (χ3n) is 3.15. The van der Waals surface area contributed by atoms with E-state index in [0.29, 0.717) is 20.6 Å². The first-order chi connectivity index (χ1) is 11.5. The van der Waals surface area contributed by atoms with Gasteiger partial charge in [-0.25, -0.2) is 5.10 Å². The van der Waals surface area contributed by atoms with Gasteiger partial charge in [-0.05, 0) is 64.5 Å². The Labute approximate surface area is 158 Å². The van der Waals surface area contributed by atoms with Gasteiger partial charge in [0, 0.05) is 15.6 Å². The van der Waals surface area contributed by atoms with E-state index in [1.54, 1.807) is 36.4 Å². The van der Waals surface area contributed by atoms with Gasteiger partial charge in [-0.2, -0.15) is 14.9 Å². The lowest BCUT2D eigenvalue weighted by molar-refractivity contribution is 0.471. The lowest BCUT2D eigenvalue weighted by Crippen LogP contribution is -1.95. The predicted molar refractivity (Wildman–Crippen MR) is 101 cm³/mol. The van der Waals surface area contributed by atoms with E-state index < -0.39 is 0 Å². The number of hydrogen-bond donors (Lipinski definition) is 3. The number of aromatic hydroxyl groups is 2. The van der Waals surface area contributed by atoms with Gasteiger partial charge in [-0.15, -0.1) is 0 Å². The van der Waals surface area contributed by atoms with Crippen LogP contribution in [-0.4, -0.2) is 31.3 Å². The molecular weight excluding hydrogens is 460 g/mol. The van der Waals surface area contributed by atoms with Crippen LogP contribution in [-0.2, 0) is 0 Å². The average molecular weight is 470 g/mol. The molecule has 0 atom stereocenters. The van der Waals surface area contributed by atoms with Crippen molar-refractivity contribution in [1.82, 2.24) is 14.9 Å². The highest BCUT2D eigenvalue weighted by Crippen LogP contribution is 2.30. The first kappa shape index (κ1) is 16.9. The van der Waals surface area contributed by atoms with Crippen LogP contribution in [0.3, 0.4) is 0 Å². The molecule has 0 saturated heterocycles. The van der Waals surface area contributed by atoms with Crippen molar-refractivity contribution >= 4 is 50.3 Å². The number of hydrogen-bond acceptors (Lipinski definition) is 5. The van der Waals surface area contributed by atoms with Gasteiger partial charge in [-0.1, -0.05) is 15.9 Å². The Morgan fingerprint density at radius 1 is 1.17 bits per heavy atom. The minimum absolute atomic E-state index is 0.0724. The zero-order chi connectivity index (χ0) is 17.3. The molecule has 0 aliphatic rings. The minimum atomic E-state index is 0.0724. The van der Waals surface area contributed by atoms with Crippen LogP contribution in [0.15, 0.2) is 50.4 Å². The topological polar surface area (TPSA) is 86.4 Å². The SMILES string of the molecule is Oc1ccc(-c2n[nH]c(=S)n2N=Cc2cc(Br)cc(Br)c2O)cc1. The fourth-order valence-corrected chi connectivity index (χ4v) is 3.44. The summed E-state index contributed by atoms with van der Waals surface area (Å²) in [4.78, 5) is 0. The summed E-state index contributed by atoms with van der Waals surface area (Å²) in [5, 5.41) is 30.6. The third kappa shape index (κ3) is 3.42. The van der Waals surface area contributed by atoms with E-state index >= 15 is 0 Å². The molecular formula is C15H10Br2N4O2S. The Hall–Kier alpha value is -1.97. The number of rotatable bonds is 3. The van der Waals surface area contributed by atoms with Crippen LogP contribution in [0.2, 0.25) is 0 Å². The molecule has 3 N–H and O–H groups in total. The summed E-state index contributed by atoms with van der Waals surface area (Å²) in [6, 6.07) is 9.99. The molecule has 3 aromatic rings. The molecule has 0 spiro atoms. The molecule has 0 bridgehead atoms. The van der Waals surface area contributed by atoms with E-state index in [9.17, 15) is 10.2 Å². The quantitative estimate of drug-likeness (QED) is 0.391. The Morgan fingerprint density at radius 2 is 1.88 bits per heavy atom. The third-order valence-corrected chi connectivity index (χ3v) is 4.47. The second kappa shape index (κ2) is 6.88. The lowest BCUT2D eigenvalue weighted by atomic mass is 10.2. The molecule has 0 fully saturated rings. The number of nitrogens with one attached hydrogen (secondary N) is 1. The normalized spacial score (nSPS) is 11.2. The molecule has 0 saturated carbocycles. The first-order valence-corrected chi connectivity index (χ1v) is 8.64. The zero-order valence-corrected chi connectivity index (χ0v) is 15.9. The highest BCUT2D eigenvalue weighted by Gasteiger charge is 2.09. The van der Waals surface area contributed by atoms with Gasteiger partial charge in [-0.3, -0.25) is 0 Å². The number of phenols is 2. The molecule has 0 aliphatic heterocycles. The fraction of sp³-hybridized carbons (Fsp3) is 0. The van der Waals surface area contributed by atoms with E-state index in [0.717, 1.165) is 10.0 Å². The van der Waals surface area contributed by atoms with Gasteiger partial charge in [0.2, 0.25) is 4.77 Å². The van der Waals surface area contributed by atoms with Crippen LogP contribution in [0.1, 0.15) is 5.56 Å². The maximum Gasteiger partial charge on any atom is 0.216 e. The molecule has 2 aromatic carbocycles. The Morgan fingerprint density at radius 3 is 2.58 bits per heavy atom. The summed E-state index contributed by atoms with van der Waals surface area (Å²) >= 11 is 11.8. The maximum absolute atomic E-state index is 10.1. The Balaban J connectivity index is 2.04. The predicted octanol–water partition coefficient (Wildman–Crippen LogP) is 4.43. The molecule has 6 nitrogen and oxygen atoms in total. The number of benzene rings is 2. The summed E-state index contributed by atoms with van der Waals surface area (Å²) in [5.41, 5.74) is 1.24. The number of nitrogens with zero attached hydrogens (tertiary/aromatic N) is 3. The monoisotopic (exact) mass is 468 g/mol. The first-order valence-electron chi connectivity index (χ1n) is 6.65. The van der Waals surface area contributed by atoms with Crippen molar-refractivity contribution in [3.8, 4) is 22.9 Å². The number of aromatic nitrogens is 3. The van der Waals surface area contributed by atoms with Gasteiger partial charge in [0.1, 0.15) is 11.5 Å². The number of aromatic amines is 1. The van der Waals surface area contributed by atoms with Crippen molar-refractivity contribution in [2.45, 2.75) is 0 Å². The summed E-state index contributed by atoms with van der Waals surface area (Å²) in [6.45, 7) is 0. The average Bonchev–Trinajstić information content (AvgIpc) is 2.91. The van der Waals surface area contributed by atoms with Crippen molar-refractivity contribution < 1.29 is 10.2 Å². The maximum atomic E-state index is 10.1. The number of phenolic OH excluding ortho intramolecular Hbond substituents is 2. The number of halogens is 2. The van der Waals surface area contributed by atoms with E-state index in [1.807, 2.05) is 0 Å². The van der Waals surface area contributed by atoms with Crippen LogP contribution in [0.4, 0.5) is 0 Å². The second-order valence-electron chi connectivity index (χ2n) is 4.78. The van der Waals surface area contributed by atoms with Crippen molar-refractivity contribution in [3.63, 3.8) is 0 Å². The highest BCUT2D eigenvalue weighted by molar-refractivity contribution is 9.11. The van der Waals surface area contributed by atoms with Gasteiger partial charge in [0.05, 0.1) is 10.7 Å². The minimum Gasteiger partial charge on any atom is -0.508 e. The Bertz CT molecular complexity index is 980. The van der Waals surface area contributed by atoms with Crippen molar-refractivity contribution in [2.24, 2.45) is 5.10 Å². The summed E-state index contributed by atoms with van der Waals surface area (Å²) in [6.07, 6.45) is 1.49. The van der Waals surface area contributed by atoms with Crippen LogP contribution < -0.4 is 0 Å². The zero-order valence-electron chi connectivity index (χ0n) is 11.9. The second-order valence-corrected chi connectivity index (χ2v) is 6.94. The van der Waals surface area contributed by atoms with Crippen LogP contribution in [0.25, 0.3) is 11.4 Å². The molecule has 122 valence electrons. The standard InChI is InChI=1S/C15H10Br2N4O2S/c16-10-5-9(13(23)12(17)6-10)7-18-21-14(19-20-15(21)24)8-1-3-11(22)4-2-8/h1-7,22-23H,(H,20,24). The Kier molecular flexibility index (Phi) is 4.83. The largest absolute Gasteiger partial charge is 0.508 e. The smallest absolute Gasteiger partial charge is 0.216 e. The van der Waals surface area contributed by atoms with Crippen molar-refractivity contribution in [2.75, 3.05) is 0 Å². The van der Waals surface area contributed by atoms with Crippen molar-refractivity contribution in [1.29, 1.82) is 0 Å². The summed E-state index contributed by atoms with van der Waals surface area (Å²) in [7, 11) is 0. The van der Waals surface area contributed by atoms with Gasteiger partial charge in [0.15, 0.2) is 5.82 Å². The lowest BCUT2D eigenvalue weighted by Gasteiger charge is -2.04. The molecule has 1 heterocycles. The molecule has 0 amide bonds. The van der Waals surface area contributed by atoms with Crippen LogP contribution >= 0.6 is 44.1 Å². The number of H-pyrrole nitrogens is 1. The van der Waals surface area contributed by atoms with Gasteiger partial charge < -0.3 is 10.2 Å². The summed E-state index contributed by atoms with van der Waals surface area (Å²) < 4.78 is 3.09. The molecule has 0 aliphatic carbocycles. The van der Waals surface area contributed by atoms with E-state index in [1.165, 1.54) is 10.9 Å².